The van der Waals surface area contributed by atoms with Gasteiger partial charge >= 0.3 is 0 Å². The maximum atomic E-state index is 13.4. The van der Waals surface area contributed by atoms with Crippen molar-refractivity contribution >= 4 is 11.9 Å². The molecule has 7 nitrogen and oxygen atoms in total. The Morgan fingerprint density at radius 2 is 1.74 bits per heavy atom. The second-order valence-electron chi connectivity index (χ2n) is 9.42. The van der Waals surface area contributed by atoms with Gasteiger partial charge in [0, 0.05) is 5.41 Å². The maximum absolute atomic E-state index is 13.4. The number of benzene rings is 3. The van der Waals surface area contributed by atoms with Crippen molar-refractivity contribution < 1.29 is 18.3 Å². The zero-order chi connectivity index (χ0) is 26.5. The van der Waals surface area contributed by atoms with Crippen molar-refractivity contribution in [3.8, 4) is 5.75 Å². The van der Waals surface area contributed by atoms with Gasteiger partial charge in [-0.25, -0.2) is 14.1 Å². The number of ether oxygens (including phenoxy) is 1. The molecule has 0 unspecified atom stereocenters. The maximum Gasteiger partial charge on any atom is 0.293 e. The lowest BCUT2D eigenvalue weighted by Gasteiger charge is -2.26. The highest BCUT2D eigenvalue weighted by Gasteiger charge is 2.22. The van der Waals surface area contributed by atoms with Gasteiger partial charge in [-0.15, -0.1) is 5.10 Å². The van der Waals surface area contributed by atoms with E-state index in [1.54, 1.807) is 24.3 Å². The van der Waals surface area contributed by atoms with E-state index in [0.29, 0.717) is 18.1 Å². The lowest BCUT2D eigenvalue weighted by Crippen LogP contribution is -2.18. The van der Waals surface area contributed by atoms with Crippen LogP contribution >= 0.6 is 0 Å². The van der Waals surface area contributed by atoms with Crippen LogP contribution in [0.2, 0.25) is 0 Å². The van der Waals surface area contributed by atoms with Crippen LogP contribution in [0, 0.1) is 5.82 Å². The molecule has 0 saturated heterocycles. The molecule has 192 valence electrons. The largest absolute Gasteiger partial charge is 0.486 e. The first-order valence-electron chi connectivity index (χ1n) is 12.2. The van der Waals surface area contributed by atoms with Gasteiger partial charge in [0.1, 0.15) is 30.3 Å². The number of hydrogen-bond donors (Lipinski definition) is 1. The number of aromatic nitrogens is 3. The highest BCUT2D eigenvalue weighted by molar-refractivity contribution is 6.01. The minimum atomic E-state index is -0.479. The van der Waals surface area contributed by atoms with E-state index in [4.69, 9.17) is 9.15 Å². The van der Waals surface area contributed by atoms with Crippen LogP contribution < -0.4 is 10.1 Å². The van der Waals surface area contributed by atoms with Crippen molar-refractivity contribution in [2.24, 2.45) is 0 Å². The number of nitrogens with one attached hydrogen (secondary N) is 1. The van der Waals surface area contributed by atoms with E-state index in [0.717, 1.165) is 5.56 Å². The van der Waals surface area contributed by atoms with Crippen LogP contribution in [0.3, 0.4) is 0 Å². The number of carbonyl (C=O) groups excluding carboxylic acids is 1. The molecule has 0 aliphatic carbocycles. The Kier molecular flexibility index (Phi) is 7.04. The summed E-state index contributed by atoms with van der Waals surface area (Å²) in [4.78, 5) is 16.7. The van der Waals surface area contributed by atoms with Crippen LogP contribution in [0.1, 0.15) is 46.9 Å². The Bertz CT molecular complexity index is 1520. The number of hydrogen-bond acceptors (Lipinski definition) is 5. The highest BCUT2D eigenvalue weighted by atomic mass is 19.1. The number of amides is 1. The molecule has 0 aliphatic rings. The van der Waals surface area contributed by atoms with Crippen molar-refractivity contribution in [1.82, 2.24) is 14.8 Å². The first-order valence-corrected chi connectivity index (χ1v) is 12.2. The molecule has 2 heterocycles. The van der Waals surface area contributed by atoms with E-state index in [-0.39, 0.29) is 29.5 Å². The molecule has 0 fully saturated rings. The summed E-state index contributed by atoms with van der Waals surface area (Å²) < 4.78 is 26.4. The molecule has 0 bridgehead atoms. The zero-order valence-electron chi connectivity index (χ0n) is 21.1. The molecule has 1 amide bonds. The minimum Gasteiger partial charge on any atom is -0.486 e. The number of rotatable bonds is 9. The van der Waals surface area contributed by atoms with Gasteiger partial charge in [0.25, 0.3) is 5.91 Å². The number of halogens is 1. The topological polar surface area (TPSA) is 82.2 Å². The molecular weight excluding hydrogens is 483 g/mol. The predicted octanol–water partition coefficient (Wildman–Crippen LogP) is 6.22. The van der Waals surface area contributed by atoms with Crippen LogP contribution in [0.4, 0.5) is 10.3 Å². The van der Waals surface area contributed by atoms with Crippen molar-refractivity contribution in [2.45, 2.75) is 32.4 Å². The molecule has 5 aromatic rings. The summed E-state index contributed by atoms with van der Waals surface area (Å²) in [5.74, 6) is 0.649. The first-order chi connectivity index (χ1) is 18.4. The number of furan rings is 1. The van der Waals surface area contributed by atoms with Crippen LogP contribution in [0.25, 0.3) is 0 Å². The Morgan fingerprint density at radius 3 is 2.50 bits per heavy atom. The van der Waals surface area contributed by atoms with Gasteiger partial charge in [-0.3, -0.25) is 10.1 Å². The molecule has 2 aromatic heterocycles. The molecule has 38 heavy (non-hydrogen) atoms. The van der Waals surface area contributed by atoms with Crippen molar-refractivity contribution in [3.63, 3.8) is 0 Å². The van der Waals surface area contributed by atoms with Gasteiger partial charge in [0.15, 0.2) is 5.76 Å². The summed E-state index contributed by atoms with van der Waals surface area (Å²) in [6.45, 7) is 4.89. The average Bonchev–Trinajstić information content (AvgIpc) is 3.58. The van der Waals surface area contributed by atoms with Crippen LogP contribution in [-0.4, -0.2) is 20.7 Å². The van der Waals surface area contributed by atoms with E-state index in [1.807, 2.05) is 30.3 Å². The molecule has 0 saturated carbocycles. The van der Waals surface area contributed by atoms with E-state index in [9.17, 15) is 9.18 Å². The molecule has 1 N–H and O–H groups in total. The van der Waals surface area contributed by atoms with E-state index in [1.165, 1.54) is 34.3 Å². The fraction of sp³-hybridized carbons (Fsp3) is 0.167. The van der Waals surface area contributed by atoms with Gasteiger partial charge in [0.05, 0.1) is 6.54 Å². The summed E-state index contributed by atoms with van der Waals surface area (Å²) in [5, 5.41) is 6.82. The van der Waals surface area contributed by atoms with Crippen LogP contribution in [-0.2, 0) is 18.6 Å². The molecule has 0 aliphatic heterocycles. The second-order valence-corrected chi connectivity index (χ2v) is 9.42. The van der Waals surface area contributed by atoms with Gasteiger partial charge < -0.3 is 9.15 Å². The van der Waals surface area contributed by atoms with E-state index < -0.39 is 5.91 Å². The molecule has 0 radical (unpaired) electrons. The summed E-state index contributed by atoms with van der Waals surface area (Å²) in [6.07, 6.45) is 1.47. The van der Waals surface area contributed by atoms with Crippen LogP contribution in [0.5, 0.6) is 5.75 Å². The highest BCUT2D eigenvalue weighted by Crippen LogP contribution is 2.32. The van der Waals surface area contributed by atoms with Crippen LogP contribution in [0.15, 0.2) is 102 Å². The summed E-state index contributed by atoms with van der Waals surface area (Å²) in [6, 6.07) is 27.8. The smallest absolute Gasteiger partial charge is 0.293 e. The predicted molar refractivity (Wildman–Crippen MR) is 142 cm³/mol. The third-order valence-electron chi connectivity index (χ3n) is 6.33. The van der Waals surface area contributed by atoms with Crippen molar-refractivity contribution in [2.75, 3.05) is 5.32 Å². The van der Waals surface area contributed by atoms with Gasteiger partial charge in [-0.1, -0.05) is 68.4 Å². The Morgan fingerprint density at radius 1 is 0.974 bits per heavy atom. The van der Waals surface area contributed by atoms with Gasteiger partial charge in [-0.05, 0) is 53.1 Å². The normalized spacial score (nSPS) is 11.3. The Labute approximate surface area is 219 Å². The second kappa shape index (κ2) is 10.7. The van der Waals surface area contributed by atoms with E-state index in [2.05, 4.69) is 53.5 Å². The molecular formula is C30H27FN4O3. The average molecular weight is 511 g/mol. The number of anilines is 1. The standard InChI is InChI=1S/C30H27FN4O3/c1-30(2,22-8-4-3-5-9-22)23-11-13-25(14-12-23)37-19-26-15-16-27(38-26)28(36)33-29-32-20-35(34-29)18-21-7-6-10-24(31)17-21/h3-17,20H,18-19H2,1-2H3,(H,33,34,36). The summed E-state index contributed by atoms with van der Waals surface area (Å²) >= 11 is 0. The molecule has 0 spiro atoms. The SMILES string of the molecule is CC(C)(c1ccccc1)c1ccc(OCc2ccc(C(=O)Nc3ncn(Cc4cccc(F)c4)n3)o2)cc1. The van der Waals surface area contributed by atoms with Gasteiger partial charge in [0.2, 0.25) is 5.95 Å². The number of carbonyl (C=O) groups is 1. The van der Waals surface area contributed by atoms with E-state index >= 15 is 0 Å². The molecule has 0 atom stereocenters. The Balaban J connectivity index is 1.15. The fourth-order valence-electron chi connectivity index (χ4n) is 4.13. The summed E-state index contributed by atoms with van der Waals surface area (Å²) in [7, 11) is 0. The molecule has 3 aromatic carbocycles. The van der Waals surface area contributed by atoms with Gasteiger partial charge in [-0.2, -0.15) is 0 Å². The third-order valence-corrected chi connectivity index (χ3v) is 6.33. The summed E-state index contributed by atoms with van der Waals surface area (Å²) in [5.41, 5.74) is 3.02. The fourth-order valence-corrected chi connectivity index (χ4v) is 4.13. The zero-order valence-corrected chi connectivity index (χ0v) is 21.1. The monoisotopic (exact) mass is 510 g/mol. The van der Waals surface area contributed by atoms with Crippen molar-refractivity contribution in [3.05, 3.63) is 131 Å². The third kappa shape index (κ3) is 5.81. The lowest BCUT2D eigenvalue weighted by molar-refractivity contribution is 0.0991. The molecule has 8 heteroatoms. The number of nitrogens with zero attached hydrogens (tertiary/aromatic N) is 3. The lowest BCUT2D eigenvalue weighted by atomic mass is 9.78. The Hall–Kier alpha value is -4.72. The molecule has 5 rings (SSSR count). The van der Waals surface area contributed by atoms with Crippen molar-refractivity contribution in [1.29, 1.82) is 0 Å². The quantitative estimate of drug-likeness (QED) is 0.255. The minimum absolute atomic E-state index is 0.116. The first kappa shape index (κ1) is 25.0.